The number of nitrogens with one attached hydrogen (secondary N) is 1. The van der Waals surface area contributed by atoms with Crippen LogP contribution in [0.5, 0.6) is 0 Å². The predicted molar refractivity (Wildman–Crippen MR) is 104 cm³/mol. The van der Waals surface area contributed by atoms with Gasteiger partial charge in [-0.15, -0.1) is 0 Å². The van der Waals surface area contributed by atoms with Crippen molar-refractivity contribution < 1.29 is 13.6 Å². The van der Waals surface area contributed by atoms with Gasteiger partial charge in [0.05, 0.1) is 17.3 Å². The maximum absolute atomic E-state index is 12.6. The Morgan fingerprint density at radius 1 is 1.11 bits per heavy atom. The highest BCUT2D eigenvalue weighted by Gasteiger charge is 2.26. The van der Waals surface area contributed by atoms with Gasteiger partial charge >= 0.3 is 0 Å². The van der Waals surface area contributed by atoms with Gasteiger partial charge in [0.25, 0.3) is 5.91 Å². The van der Waals surface area contributed by atoms with E-state index in [2.05, 4.69) is 10.2 Å². The fourth-order valence-corrected chi connectivity index (χ4v) is 3.71. The molecule has 0 saturated carbocycles. The molecule has 3 aromatic rings. The molecule has 0 spiro atoms. The van der Waals surface area contributed by atoms with Crippen molar-refractivity contribution in [3.05, 3.63) is 71.3 Å². The number of hydrogen-bond donors (Lipinski definition) is 1. The summed E-state index contributed by atoms with van der Waals surface area (Å²) in [6, 6.07) is 14.7. The van der Waals surface area contributed by atoms with Gasteiger partial charge in [-0.25, -0.2) is 0 Å². The van der Waals surface area contributed by atoms with Crippen molar-refractivity contribution in [3.63, 3.8) is 0 Å². The molecule has 0 aliphatic carbocycles. The lowest BCUT2D eigenvalue weighted by Crippen LogP contribution is -2.36. The molecule has 1 saturated heterocycles. The Hall–Kier alpha value is -2.50. The van der Waals surface area contributed by atoms with E-state index in [1.54, 1.807) is 24.5 Å². The minimum atomic E-state index is -0.246. The summed E-state index contributed by atoms with van der Waals surface area (Å²) in [4.78, 5) is 14.9. The van der Waals surface area contributed by atoms with Gasteiger partial charge < -0.3 is 14.2 Å². The normalized spacial score (nSPS) is 15.7. The van der Waals surface area contributed by atoms with Gasteiger partial charge in [-0.1, -0.05) is 23.7 Å². The third kappa shape index (κ3) is 3.94. The van der Waals surface area contributed by atoms with Crippen molar-refractivity contribution in [2.45, 2.75) is 18.9 Å². The highest BCUT2D eigenvalue weighted by atomic mass is 35.5. The van der Waals surface area contributed by atoms with E-state index in [-0.39, 0.29) is 17.7 Å². The van der Waals surface area contributed by atoms with Crippen LogP contribution in [-0.2, 0) is 0 Å². The minimum Gasteiger partial charge on any atom is -0.468 e. The van der Waals surface area contributed by atoms with E-state index < -0.39 is 0 Å². The van der Waals surface area contributed by atoms with Crippen LogP contribution in [0.4, 0.5) is 0 Å². The predicted octanol–water partition coefficient (Wildman–Crippen LogP) is 4.76. The molecule has 2 aromatic heterocycles. The van der Waals surface area contributed by atoms with E-state index in [9.17, 15) is 4.79 Å². The molecule has 1 fully saturated rings. The third-order valence-corrected chi connectivity index (χ3v) is 5.21. The molecule has 1 aliphatic rings. The van der Waals surface area contributed by atoms with Crippen LogP contribution < -0.4 is 5.32 Å². The fourth-order valence-electron chi connectivity index (χ4n) is 3.49. The lowest BCUT2D eigenvalue weighted by atomic mass is 10.2. The molecule has 0 radical (unpaired) electrons. The van der Waals surface area contributed by atoms with E-state index in [0.717, 1.165) is 24.4 Å². The molecular weight excluding hydrogens is 364 g/mol. The summed E-state index contributed by atoms with van der Waals surface area (Å²) < 4.78 is 11.3. The first-order valence-corrected chi connectivity index (χ1v) is 9.50. The number of carbonyl (C=O) groups is 1. The highest BCUT2D eigenvalue weighted by molar-refractivity contribution is 6.33. The zero-order chi connectivity index (χ0) is 18.6. The Bertz CT molecular complexity index is 898. The molecule has 1 atom stereocenters. The van der Waals surface area contributed by atoms with Gasteiger partial charge in [0, 0.05) is 12.1 Å². The van der Waals surface area contributed by atoms with Crippen LogP contribution in [0.15, 0.2) is 63.6 Å². The molecule has 1 aromatic carbocycles. The third-order valence-electron chi connectivity index (χ3n) is 4.88. The highest BCUT2D eigenvalue weighted by Crippen LogP contribution is 2.29. The topological polar surface area (TPSA) is 58.6 Å². The van der Waals surface area contributed by atoms with Gasteiger partial charge in [0.2, 0.25) is 0 Å². The molecule has 0 unspecified atom stereocenters. The number of benzene rings is 1. The second-order valence-corrected chi connectivity index (χ2v) is 7.04. The summed E-state index contributed by atoms with van der Waals surface area (Å²) in [5.41, 5.74) is 0.767. The average Bonchev–Trinajstić information content (AvgIpc) is 3.44. The van der Waals surface area contributed by atoms with Crippen LogP contribution in [0.25, 0.3) is 11.3 Å². The first kappa shape index (κ1) is 17.9. The van der Waals surface area contributed by atoms with Crippen molar-refractivity contribution in [3.8, 4) is 11.3 Å². The molecule has 1 N–H and O–H groups in total. The van der Waals surface area contributed by atoms with Crippen molar-refractivity contribution in [1.29, 1.82) is 0 Å². The molecule has 3 heterocycles. The zero-order valence-corrected chi connectivity index (χ0v) is 15.6. The number of furan rings is 2. The summed E-state index contributed by atoms with van der Waals surface area (Å²) >= 11 is 6.20. The molecule has 4 rings (SSSR count). The first-order valence-electron chi connectivity index (χ1n) is 9.13. The summed E-state index contributed by atoms with van der Waals surface area (Å²) in [6.07, 6.45) is 4.01. The van der Waals surface area contributed by atoms with Gasteiger partial charge in [-0.05, 0) is 62.3 Å². The van der Waals surface area contributed by atoms with Crippen molar-refractivity contribution in [2.75, 3.05) is 19.6 Å². The number of hydrogen-bond acceptors (Lipinski definition) is 4. The second-order valence-electron chi connectivity index (χ2n) is 6.63. The van der Waals surface area contributed by atoms with E-state index in [4.69, 9.17) is 20.4 Å². The molecule has 5 nitrogen and oxygen atoms in total. The standard InChI is InChI=1S/C21H21ClN2O3/c22-16-7-2-1-6-15(16)18-9-10-20(27-18)21(25)23-14-17(19-8-5-13-26-19)24-11-3-4-12-24/h1-2,5-10,13,17H,3-4,11-12,14H2,(H,23,25)/t17-/m1/s1. The Kier molecular flexibility index (Phi) is 5.32. The number of amides is 1. The Morgan fingerprint density at radius 2 is 1.93 bits per heavy atom. The number of likely N-dealkylation sites (tertiary alicyclic amines) is 1. The molecule has 1 amide bonds. The molecule has 6 heteroatoms. The quantitative estimate of drug-likeness (QED) is 0.665. The largest absolute Gasteiger partial charge is 0.468 e. The zero-order valence-electron chi connectivity index (χ0n) is 14.9. The number of rotatable bonds is 6. The summed E-state index contributed by atoms with van der Waals surface area (Å²) in [7, 11) is 0. The first-order chi connectivity index (χ1) is 13.2. The number of carbonyl (C=O) groups excluding carboxylic acids is 1. The van der Waals surface area contributed by atoms with Crippen LogP contribution in [0.3, 0.4) is 0 Å². The molecule has 27 heavy (non-hydrogen) atoms. The molecule has 1 aliphatic heterocycles. The monoisotopic (exact) mass is 384 g/mol. The smallest absolute Gasteiger partial charge is 0.287 e. The van der Waals surface area contributed by atoms with Gasteiger partial charge in [0.1, 0.15) is 11.5 Å². The number of nitrogens with zero attached hydrogens (tertiary/aromatic N) is 1. The summed E-state index contributed by atoms with van der Waals surface area (Å²) in [6.45, 7) is 2.49. The van der Waals surface area contributed by atoms with Crippen LogP contribution in [0.1, 0.15) is 35.2 Å². The van der Waals surface area contributed by atoms with Crippen LogP contribution >= 0.6 is 11.6 Å². The Morgan fingerprint density at radius 3 is 2.67 bits per heavy atom. The fraction of sp³-hybridized carbons (Fsp3) is 0.286. The molecular formula is C21H21ClN2O3. The SMILES string of the molecule is O=C(NC[C@H](c1ccco1)N1CCCC1)c1ccc(-c2ccccc2Cl)o1. The van der Waals surface area contributed by atoms with Gasteiger partial charge in [0.15, 0.2) is 5.76 Å². The maximum Gasteiger partial charge on any atom is 0.287 e. The lowest BCUT2D eigenvalue weighted by Gasteiger charge is -2.25. The maximum atomic E-state index is 12.6. The van der Waals surface area contributed by atoms with Gasteiger partial charge in [-0.3, -0.25) is 9.69 Å². The Labute approximate surface area is 162 Å². The van der Waals surface area contributed by atoms with E-state index >= 15 is 0 Å². The summed E-state index contributed by atoms with van der Waals surface area (Å²) in [5, 5.41) is 3.56. The number of halogens is 1. The van der Waals surface area contributed by atoms with Crippen LogP contribution in [0.2, 0.25) is 5.02 Å². The molecule has 0 bridgehead atoms. The van der Waals surface area contributed by atoms with Crippen LogP contribution in [-0.4, -0.2) is 30.4 Å². The van der Waals surface area contributed by atoms with Crippen LogP contribution in [0, 0.1) is 0 Å². The lowest BCUT2D eigenvalue weighted by molar-refractivity contribution is 0.0907. The average molecular weight is 385 g/mol. The Balaban J connectivity index is 1.45. The minimum absolute atomic E-state index is 0.0319. The van der Waals surface area contributed by atoms with E-state index in [1.165, 1.54) is 12.8 Å². The van der Waals surface area contributed by atoms with Crippen molar-refractivity contribution >= 4 is 17.5 Å². The second kappa shape index (κ2) is 8.03. The van der Waals surface area contributed by atoms with E-state index in [1.807, 2.05) is 30.3 Å². The molecule has 140 valence electrons. The van der Waals surface area contributed by atoms with Crippen molar-refractivity contribution in [2.24, 2.45) is 0 Å². The summed E-state index contributed by atoms with van der Waals surface area (Å²) in [5.74, 6) is 1.47. The van der Waals surface area contributed by atoms with Crippen molar-refractivity contribution in [1.82, 2.24) is 10.2 Å². The van der Waals surface area contributed by atoms with Gasteiger partial charge in [-0.2, -0.15) is 0 Å². The van der Waals surface area contributed by atoms with E-state index in [0.29, 0.717) is 17.3 Å².